The summed E-state index contributed by atoms with van der Waals surface area (Å²) in [5, 5.41) is 7.13. The number of aromatic amines is 1. The van der Waals surface area contributed by atoms with E-state index in [9.17, 15) is 4.79 Å². The Morgan fingerprint density at radius 1 is 1.53 bits per heavy atom. The Morgan fingerprint density at radius 2 is 2.47 bits per heavy atom. The predicted molar refractivity (Wildman–Crippen MR) is 63.1 cm³/mol. The summed E-state index contributed by atoms with van der Waals surface area (Å²) in [6, 6.07) is 3.10. The van der Waals surface area contributed by atoms with Crippen molar-refractivity contribution in [3.05, 3.63) is 34.4 Å². The van der Waals surface area contributed by atoms with E-state index in [1.54, 1.807) is 18.3 Å². The van der Waals surface area contributed by atoms with Crippen molar-refractivity contribution in [3.63, 3.8) is 0 Å². The summed E-state index contributed by atoms with van der Waals surface area (Å²) in [6.07, 6.45) is 6.29. The van der Waals surface area contributed by atoms with Gasteiger partial charge in [-0.3, -0.25) is 14.3 Å². The molecular weight excluding hydrogens is 218 g/mol. The number of fused-ring (bicyclic) bond motifs is 1. The molecule has 2 aromatic rings. The van der Waals surface area contributed by atoms with Gasteiger partial charge < -0.3 is 4.74 Å². The maximum Gasteiger partial charge on any atom is 0.183 e. The van der Waals surface area contributed by atoms with Gasteiger partial charge in [0.25, 0.3) is 0 Å². The van der Waals surface area contributed by atoms with E-state index in [4.69, 9.17) is 4.74 Å². The van der Waals surface area contributed by atoms with Crippen molar-refractivity contribution in [2.75, 3.05) is 6.61 Å². The number of pyridine rings is 1. The quantitative estimate of drug-likeness (QED) is 0.846. The maximum atomic E-state index is 11.2. The van der Waals surface area contributed by atoms with Gasteiger partial charge in [0.2, 0.25) is 0 Å². The molecule has 90 valence electrons. The average molecular weight is 233 g/mol. The molecule has 1 saturated heterocycles. The standard InChI is InChI=1S/C12H15N3O2/c16-9-4-5-15-11(7-9)13-14-12(15)8-10-3-1-2-6-17-10/h4-5,7,10,13H,1-3,6,8H2. The third-order valence-electron chi connectivity index (χ3n) is 3.19. The fourth-order valence-electron chi connectivity index (χ4n) is 2.28. The predicted octanol–water partition coefficient (Wildman–Crippen LogP) is 1.13. The van der Waals surface area contributed by atoms with Crippen molar-refractivity contribution in [3.8, 4) is 0 Å². The smallest absolute Gasteiger partial charge is 0.183 e. The Bertz CT molecular complexity index is 566. The van der Waals surface area contributed by atoms with Crippen LogP contribution in [-0.4, -0.2) is 27.3 Å². The molecule has 0 bridgehead atoms. The molecule has 5 nitrogen and oxygen atoms in total. The van der Waals surface area contributed by atoms with Crippen molar-refractivity contribution >= 4 is 5.65 Å². The van der Waals surface area contributed by atoms with Crippen LogP contribution in [0.25, 0.3) is 5.65 Å². The van der Waals surface area contributed by atoms with Crippen molar-refractivity contribution < 1.29 is 4.74 Å². The van der Waals surface area contributed by atoms with E-state index in [1.807, 2.05) is 4.40 Å². The van der Waals surface area contributed by atoms with Gasteiger partial charge in [-0.1, -0.05) is 0 Å². The van der Waals surface area contributed by atoms with Gasteiger partial charge in [0.1, 0.15) is 11.5 Å². The molecule has 2 aromatic heterocycles. The fraction of sp³-hybridized carbons (Fsp3) is 0.500. The highest BCUT2D eigenvalue weighted by atomic mass is 16.5. The molecule has 3 heterocycles. The van der Waals surface area contributed by atoms with Crippen LogP contribution in [0.15, 0.2) is 23.1 Å². The minimum absolute atomic E-state index is 0.00545. The average Bonchev–Trinajstić information content (AvgIpc) is 2.73. The number of hydrogen-bond acceptors (Lipinski definition) is 3. The second kappa shape index (κ2) is 4.33. The first kappa shape index (κ1) is 10.5. The zero-order valence-electron chi connectivity index (χ0n) is 9.56. The molecule has 5 heteroatoms. The SMILES string of the molecule is O=c1ccn2c(CC3CCCCO3)n[nH]c2c1. The lowest BCUT2D eigenvalue weighted by atomic mass is 10.1. The highest BCUT2D eigenvalue weighted by Gasteiger charge is 2.17. The van der Waals surface area contributed by atoms with Crippen molar-refractivity contribution in [1.82, 2.24) is 14.6 Å². The van der Waals surface area contributed by atoms with Crippen LogP contribution in [0, 0.1) is 0 Å². The number of aromatic nitrogens is 3. The van der Waals surface area contributed by atoms with Crippen LogP contribution < -0.4 is 5.43 Å². The van der Waals surface area contributed by atoms with Crippen molar-refractivity contribution in [1.29, 1.82) is 0 Å². The van der Waals surface area contributed by atoms with Gasteiger partial charge in [-0.25, -0.2) is 0 Å². The maximum absolute atomic E-state index is 11.2. The van der Waals surface area contributed by atoms with E-state index in [0.29, 0.717) is 0 Å². The van der Waals surface area contributed by atoms with Crippen molar-refractivity contribution in [2.45, 2.75) is 31.8 Å². The topological polar surface area (TPSA) is 59.4 Å². The van der Waals surface area contributed by atoms with E-state index in [2.05, 4.69) is 10.2 Å². The van der Waals surface area contributed by atoms with Crippen LogP contribution in [0.2, 0.25) is 0 Å². The Kier molecular flexibility index (Phi) is 2.68. The molecular formula is C12H15N3O2. The zero-order chi connectivity index (χ0) is 11.7. The third-order valence-corrected chi connectivity index (χ3v) is 3.19. The van der Waals surface area contributed by atoms with Crippen LogP contribution in [0.4, 0.5) is 0 Å². The zero-order valence-corrected chi connectivity index (χ0v) is 9.56. The first-order valence-corrected chi connectivity index (χ1v) is 6.00. The molecule has 0 spiro atoms. The van der Waals surface area contributed by atoms with Crippen LogP contribution in [0.5, 0.6) is 0 Å². The van der Waals surface area contributed by atoms with Crippen LogP contribution in [-0.2, 0) is 11.2 Å². The van der Waals surface area contributed by atoms with Gasteiger partial charge in [-0.05, 0) is 19.3 Å². The summed E-state index contributed by atoms with van der Waals surface area (Å²) in [7, 11) is 0. The Morgan fingerprint density at radius 3 is 3.29 bits per heavy atom. The summed E-state index contributed by atoms with van der Waals surface area (Å²) < 4.78 is 7.61. The lowest BCUT2D eigenvalue weighted by Crippen LogP contribution is -2.22. The minimum Gasteiger partial charge on any atom is -0.378 e. The van der Waals surface area contributed by atoms with E-state index in [0.717, 1.165) is 37.3 Å². The van der Waals surface area contributed by atoms with Gasteiger partial charge in [0.15, 0.2) is 5.43 Å². The van der Waals surface area contributed by atoms with E-state index >= 15 is 0 Å². The second-order valence-corrected chi connectivity index (χ2v) is 4.45. The van der Waals surface area contributed by atoms with Gasteiger partial charge in [0, 0.05) is 31.4 Å². The second-order valence-electron chi connectivity index (χ2n) is 4.45. The number of nitrogens with zero attached hydrogens (tertiary/aromatic N) is 2. The van der Waals surface area contributed by atoms with Gasteiger partial charge >= 0.3 is 0 Å². The Labute approximate surface area is 98.4 Å². The third kappa shape index (κ3) is 2.10. The summed E-state index contributed by atoms with van der Waals surface area (Å²) in [5.41, 5.74) is 0.734. The fourth-order valence-corrected chi connectivity index (χ4v) is 2.28. The van der Waals surface area contributed by atoms with Crippen molar-refractivity contribution in [2.24, 2.45) is 0 Å². The highest BCUT2D eigenvalue weighted by molar-refractivity contribution is 5.37. The van der Waals surface area contributed by atoms with E-state index in [-0.39, 0.29) is 11.5 Å². The lowest BCUT2D eigenvalue weighted by Gasteiger charge is -2.21. The Balaban J connectivity index is 1.87. The minimum atomic E-state index is -0.00545. The molecule has 0 aliphatic carbocycles. The molecule has 1 unspecified atom stereocenters. The van der Waals surface area contributed by atoms with Gasteiger partial charge in [0.05, 0.1) is 6.10 Å². The first-order valence-electron chi connectivity index (χ1n) is 6.00. The van der Waals surface area contributed by atoms with E-state index < -0.39 is 0 Å². The monoisotopic (exact) mass is 233 g/mol. The molecule has 0 saturated carbocycles. The summed E-state index contributed by atoms with van der Waals surface area (Å²) in [5.74, 6) is 0.923. The summed E-state index contributed by atoms with van der Waals surface area (Å²) in [4.78, 5) is 11.2. The molecule has 1 atom stereocenters. The number of nitrogens with one attached hydrogen (secondary N) is 1. The number of rotatable bonds is 2. The summed E-state index contributed by atoms with van der Waals surface area (Å²) >= 11 is 0. The molecule has 3 rings (SSSR count). The summed E-state index contributed by atoms with van der Waals surface area (Å²) in [6.45, 7) is 0.850. The van der Waals surface area contributed by atoms with Crippen LogP contribution >= 0.6 is 0 Å². The number of H-pyrrole nitrogens is 1. The largest absolute Gasteiger partial charge is 0.378 e. The molecule has 1 N–H and O–H groups in total. The molecule has 0 amide bonds. The Hall–Kier alpha value is -1.62. The van der Waals surface area contributed by atoms with Crippen LogP contribution in [0.3, 0.4) is 0 Å². The number of ether oxygens (including phenoxy) is 1. The molecule has 1 aliphatic heterocycles. The molecule has 0 radical (unpaired) electrons. The molecule has 1 aliphatic rings. The molecule has 0 aromatic carbocycles. The van der Waals surface area contributed by atoms with Crippen LogP contribution in [0.1, 0.15) is 25.1 Å². The number of hydrogen-bond donors (Lipinski definition) is 1. The first-order chi connectivity index (χ1) is 8.33. The molecule has 1 fully saturated rings. The lowest BCUT2D eigenvalue weighted by molar-refractivity contribution is 0.0155. The van der Waals surface area contributed by atoms with Gasteiger partial charge in [-0.2, -0.15) is 5.10 Å². The normalized spacial score (nSPS) is 20.8. The molecule has 17 heavy (non-hydrogen) atoms. The van der Waals surface area contributed by atoms with Gasteiger partial charge in [-0.15, -0.1) is 0 Å². The van der Waals surface area contributed by atoms with E-state index in [1.165, 1.54) is 6.42 Å². The highest BCUT2D eigenvalue weighted by Crippen LogP contribution is 2.16.